The van der Waals surface area contributed by atoms with Crippen LogP contribution in [-0.2, 0) is 6.42 Å². The van der Waals surface area contributed by atoms with E-state index in [1.165, 1.54) is 11.1 Å². The summed E-state index contributed by atoms with van der Waals surface area (Å²) in [7, 11) is 0. The zero-order chi connectivity index (χ0) is 13.2. The van der Waals surface area contributed by atoms with E-state index in [2.05, 4.69) is 67.2 Å². The summed E-state index contributed by atoms with van der Waals surface area (Å²) in [5.41, 5.74) is 3.46. The predicted molar refractivity (Wildman–Crippen MR) is 86.4 cm³/mol. The van der Waals surface area contributed by atoms with Gasteiger partial charge < -0.3 is 0 Å². The molecule has 94 valence electrons. The second-order valence-corrected chi connectivity index (χ2v) is 5.92. The first-order valence-corrected chi connectivity index (χ1v) is 7.61. The summed E-state index contributed by atoms with van der Waals surface area (Å²) in [5, 5.41) is 1.15. The third kappa shape index (κ3) is 2.58. The largest absolute Gasteiger partial charge is 0.241 e. The molecule has 0 aliphatic heterocycles. The fraction of sp³-hybridized carbons (Fsp3) is 0.0625. The van der Waals surface area contributed by atoms with Crippen LogP contribution in [0.1, 0.15) is 11.1 Å². The van der Waals surface area contributed by atoms with Crippen LogP contribution in [0.5, 0.6) is 0 Å². The number of para-hydroxylation sites is 1. The number of benzene rings is 2. The Hall–Kier alpha value is -1.19. The quantitative estimate of drug-likeness (QED) is 0.549. The lowest BCUT2D eigenvalue weighted by Crippen LogP contribution is -1.95. The van der Waals surface area contributed by atoms with Crippen LogP contribution in [0.4, 0.5) is 0 Å². The van der Waals surface area contributed by atoms with E-state index in [0.29, 0.717) is 0 Å². The minimum atomic E-state index is 0.861. The van der Waals surface area contributed by atoms with Gasteiger partial charge in [-0.05, 0) is 43.5 Å². The lowest BCUT2D eigenvalue weighted by molar-refractivity contribution is 1.13. The molecule has 19 heavy (non-hydrogen) atoms. The van der Waals surface area contributed by atoms with Gasteiger partial charge in [0.15, 0.2) is 0 Å². The first kappa shape index (κ1) is 12.8. The van der Waals surface area contributed by atoms with E-state index >= 15 is 0 Å². The normalized spacial score (nSPS) is 10.8. The molecule has 3 rings (SSSR count). The molecule has 0 bridgehead atoms. The molecule has 0 fully saturated rings. The fourth-order valence-corrected chi connectivity index (χ4v) is 3.59. The maximum absolute atomic E-state index is 4.62. The third-order valence-corrected chi connectivity index (χ3v) is 4.66. The molecule has 0 N–H and O–H groups in total. The predicted octanol–water partition coefficient (Wildman–Crippen LogP) is 5.35. The zero-order valence-electron chi connectivity index (χ0n) is 10.1. The first-order chi connectivity index (χ1) is 9.25. The summed E-state index contributed by atoms with van der Waals surface area (Å²) >= 11 is 7.30. The van der Waals surface area contributed by atoms with Crippen LogP contribution >= 0.6 is 31.9 Å². The van der Waals surface area contributed by atoms with Gasteiger partial charge in [0.25, 0.3) is 0 Å². The van der Waals surface area contributed by atoms with E-state index in [1.54, 1.807) is 0 Å². The molecule has 3 heteroatoms. The molecule has 0 radical (unpaired) electrons. The first-order valence-electron chi connectivity index (χ1n) is 6.02. The van der Waals surface area contributed by atoms with E-state index in [0.717, 1.165) is 26.4 Å². The van der Waals surface area contributed by atoms with Crippen molar-refractivity contribution < 1.29 is 0 Å². The lowest BCUT2D eigenvalue weighted by Gasteiger charge is -2.10. The molecule has 0 saturated heterocycles. The van der Waals surface area contributed by atoms with Crippen molar-refractivity contribution in [3.63, 3.8) is 0 Å². The molecule has 1 heterocycles. The number of pyridine rings is 1. The van der Waals surface area contributed by atoms with E-state index in [-0.39, 0.29) is 0 Å². The van der Waals surface area contributed by atoms with Crippen molar-refractivity contribution in [3.05, 3.63) is 74.8 Å². The van der Waals surface area contributed by atoms with Crippen LogP contribution in [0.25, 0.3) is 10.9 Å². The smallest absolute Gasteiger partial charge is 0.111 e. The molecule has 0 spiro atoms. The van der Waals surface area contributed by atoms with Crippen molar-refractivity contribution >= 4 is 42.8 Å². The van der Waals surface area contributed by atoms with Gasteiger partial charge in [-0.15, -0.1) is 0 Å². The van der Waals surface area contributed by atoms with Crippen LogP contribution in [0.3, 0.4) is 0 Å². The molecule has 0 atom stereocenters. The number of nitrogens with zero attached hydrogens (tertiary/aromatic N) is 1. The van der Waals surface area contributed by atoms with E-state index < -0.39 is 0 Å². The Morgan fingerprint density at radius 2 is 1.53 bits per heavy atom. The Balaban J connectivity index is 2.13. The molecule has 0 saturated carbocycles. The standard InChI is InChI=1S/C16H11Br2N/c17-15-12-8-4-5-9-14(12)19-16(18)13(15)10-11-6-2-1-3-7-11/h1-9H,10H2. The van der Waals surface area contributed by atoms with Gasteiger partial charge >= 0.3 is 0 Å². The highest BCUT2D eigenvalue weighted by atomic mass is 79.9. The van der Waals surface area contributed by atoms with Gasteiger partial charge in [0.1, 0.15) is 4.60 Å². The fourth-order valence-electron chi connectivity index (χ4n) is 2.13. The second-order valence-electron chi connectivity index (χ2n) is 4.37. The number of aromatic nitrogens is 1. The van der Waals surface area contributed by atoms with Gasteiger partial charge in [-0.2, -0.15) is 0 Å². The average molecular weight is 377 g/mol. The summed E-state index contributed by atoms with van der Waals surface area (Å²) in [6.07, 6.45) is 0.861. The van der Waals surface area contributed by atoms with Gasteiger partial charge in [-0.3, -0.25) is 0 Å². The number of hydrogen-bond acceptors (Lipinski definition) is 1. The molecule has 0 unspecified atom stereocenters. The molecule has 3 aromatic rings. The lowest BCUT2D eigenvalue weighted by atomic mass is 10.0. The van der Waals surface area contributed by atoms with E-state index in [4.69, 9.17) is 0 Å². The third-order valence-electron chi connectivity index (χ3n) is 3.10. The minimum Gasteiger partial charge on any atom is -0.241 e. The van der Waals surface area contributed by atoms with Crippen molar-refractivity contribution in [1.82, 2.24) is 4.98 Å². The molecular formula is C16H11Br2N. The minimum absolute atomic E-state index is 0.861. The highest BCUT2D eigenvalue weighted by Crippen LogP contribution is 2.32. The summed E-state index contributed by atoms with van der Waals surface area (Å²) in [6.45, 7) is 0. The topological polar surface area (TPSA) is 12.9 Å². The van der Waals surface area contributed by atoms with Crippen molar-refractivity contribution in [2.75, 3.05) is 0 Å². The highest BCUT2D eigenvalue weighted by molar-refractivity contribution is 9.11. The monoisotopic (exact) mass is 375 g/mol. The summed E-state index contributed by atoms with van der Waals surface area (Å²) in [4.78, 5) is 4.62. The number of fused-ring (bicyclic) bond motifs is 1. The molecule has 1 nitrogen and oxygen atoms in total. The Morgan fingerprint density at radius 3 is 2.32 bits per heavy atom. The van der Waals surface area contributed by atoms with Crippen molar-refractivity contribution in [2.24, 2.45) is 0 Å². The Bertz CT molecular complexity index is 723. The average Bonchev–Trinajstić information content (AvgIpc) is 2.45. The van der Waals surface area contributed by atoms with Crippen LogP contribution in [0.2, 0.25) is 0 Å². The van der Waals surface area contributed by atoms with Gasteiger partial charge in [0.2, 0.25) is 0 Å². The Morgan fingerprint density at radius 1 is 0.842 bits per heavy atom. The van der Waals surface area contributed by atoms with Crippen molar-refractivity contribution in [1.29, 1.82) is 0 Å². The van der Waals surface area contributed by atoms with E-state index in [9.17, 15) is 0 Å². The molecule has 2 aromatic carbocycles. The van der Waals surface area contributed by atoms with Crippen LogP contribution in [-0.4, -0.2) is 4.98 Å². The maximum atomic E-state index is 4.62. The number of halogens is 2. The Kier molecular flexibility index (Phi) is 3.67. The SMILES string of the molecule is Brc1nc2ccccc2c(Br)c1Cc1ccccc1. The molecule has 0 aliphatic rings. The van der Waals surface area contributed by atoms with Crippen LogP contribution in [0.15, 0.2) is 63.7 Å². The Labute approximate surface area is 128 Å². The zero-order valence-corrected chi connectivity index (χ0v) is 13.3. The van der Waals surface area contributed by atoms with Gasteiger partial charge in [0, 0.05) is 21.8 Å². The van der Waals surface area contributed by atoms with E-state index in [1.807, 2.05) is 24.3 Å². The van der Waals surface area contributed by atoms with Gasteiger partial charge in [-0.25, -0.2) is 4.98 Å². The van der Waals surface area contributed by atoms with Crippen molar-refractivity contribution in [3.8, 4) is 0 Å². The summed E-state index contributed by atoms with van der Waals surface area (Å²) in [5.74, 6) is 0. The van der Waals surface area contributed by atoms with Crippen LogP contribution in [0, 0.1) is 0 Å². The molecule has 0 amide bonds. The number of rotatable bonds is 2. The van der Waals surface area contributed by atoms with Gasteiger partial charge in [0.05, 0.1) is 5.52 Å². The molecule has 0 aliphatic carbocycles. The molecular weight excluding hydrogens is 366 g/mol. The summed E-state index contributed by atoms with van der Waals surface area (Å²) in [6, 6.07) is 18.6. The van der Waals surface area contributed by atoms with Crippen LogP contribution < -0.4 is 0 Å². The number of hydrogen-bond donors (Lipinski definition) is 0. The highest BCUT2D eigenvalue weighted by Gasteiger charge is 2.11. The van der Waals surface area contributed by atoms with Crippen molar-refractivity contribution in [2.45, 2.75) is 6.42 Å². The van der Waals surface area contributed by atoms with Gasteiger partial charge in [-0.1, -0.05) is 48.5 Å². The molecule has 1 aromatic heterocycles. The summed E-state index contributed by atoms with van der Waals surface area (Å²) < 4.78 is 2.02. The second kappa shape index (κ2) is 5.43. The maximum Gasteiger partial charge on any atom is 0.111 e.